The summed E-state index contributed by atoms with van der Waals surface area (Å²) in [5, 5.41) is 24.9. The molecule has 12 heteroatoms. The van der Waals surface area contributed by atoms with Gasteiger partial charge in [0.15, 0.2) is 0 Å². The standard InChI is InChI=1S/C20H23N5O2.C2HF3O2/c26-20(27)19-17-5-4-15-14-22-8-6-16(15)18(17)23-25(19)12-3-7-21-9-13-24-10-1-2-11-24;3-2(4,5)1(6)7/h1-2,6,8,10-11,14,21H,3-5,7,9,12-13H2,(H,26,27);(H,6,7). The number of aromatic carboxylic acids is 1. The molecule has 0 saturated heterocycles. The SMILES string of the molecule is O=C(O)C(F)(F)F.O=C(O)c1c2c(nn1CCCNCCn1cccc1)-c1ccncc1CC2. The minimum absolute atomic E-state index is 0.333. The number of carboxylic acids is 2. The number of hydrogen-bond acceptors (Lipinski definition) is 5. The summed E-state index contributed by atoms with van der Waals surface area (Å²) in [4.78, 5) is 24.9. The van der Waals surface area contributed by atoms with E-state index in [-0.39, 0.29) is 0 Å². The molecule has 0 unspecified atom stereocenters. The summed E-state index contributed by atoms with van der Waals surface area (Å²) < 4.78 is 35.5. The van der Waals surface area contributed by atoms with E-state index in [4.69, 9.17) is 9.90 Å². The first-order valence-electron chi connectivity index (χ1n) is 10.6. The zero-order chi connectivity index (χ0) is 24.7. The molecule has 9 nitrogen and oxygen atoms in total. The lowest BCUT2D eigenvalue weighted by Gasteiger charge is -2.14. The van der Waals surface area contributed by atoms with Crippen molar-refractivity contribution in [3.05, 3.63) is 59.8 Å². The van der Waals surface area contributed by atoms with E-state index in [1.54, 1.807) is 10.9 Å². The Morgan fingerprint density at radius 3 is 2.44 bits per heavy atom. The van der Waals surface area contributed by atoms with E-state index in [0.717, 1.165) is 54.9 Å². The predicted octanol–water partition coefficient (Wildman–Crippen LogP) is 2.86. The van der Waals surface area contributed by atoms with E-state index in [2.05, 4.69) is 20.0 Å². The van der Waals surface area contributed by atoms with E-state index >= 15 is 0 Å². The number of hydrogen-bond donors (Lipinski definition) is 3. The van der Waals surface area contributed by atoms with Crippen LogP contribution in [0.2, 0.25) is 0 Å². The number of nitrogens with zero attached hydrogens (tertiary/aromatic N) is 4. The summed E-state index contributed by atoms with van der Waals surface area (Å²) in [6, 6.07) is 5.96. The fourth-order valence-electron chi connectivity index (χ4n) is 3.68. The van der Waals surface area contributed by atoms with Crippen LogP contribution in [0, 0.1) is 0 Å². The van der Waals surface area contributed by atoms with Crippen molar-refractivity contribution in [2.24, 2.45) is 0 Å². The van der Waals surface area contributed by atoms with Crippen molar-refractivity contribution < 1.29 is 33.0 Å². The number of aryl methyl sites for hydroxylation is 2. The molecule has 1 aliphatic rings. The van der Waals surface area contributed by atoms with Crippen molar-refractivity contribution in [2.75, 3.05) is 13.1 Å². The summed E-state index contributed by atoms with van der Waals surface area (Å²) in [6.07, 6.45) is 4.93. The van der Waals surface area contributed by atoms with Crippen LogP contribution in [0.5, 0.6) is 0 Å². The molecule has 0 atom stereocenters. The summed E-state index contributed by atoms with van der Waals surface area (Å²) in [5.74, 6) is -3.66. The lowest BCUT2D eigenvalue weighted by atomic mass is 9.90. The van der Waals surface area contributed by atoms with Gasteiger partial charge in [-0.3, -0.25) is 9.67 Å². The van der Waals surface area contributed by atoms with E-state index in [1.807, 2.05) is 36.8 Å². The first-order chi connectivity index (χ1) is 16.2. The van der Waals surface area contributed by atoms with Crippen molar-refractivity contribution in [1.29, 1.82) is 0 Å². The quantitative estimate of drug-likeness (QED) is 0.425. The second-order valence-electron chi connectivity index (χ2n) is 7.56. The molecular weight excluding hydrogens is 455 g/mol. The maximum Gasteiger partial charge on any atom is 0.490 e. The second kappa shape index (κ2) is 11.0. The van der Waals surface area contributed by atoms with Gasteiger partial charge in [-0.2, -0.15) is 18.3 Å². The first kappa shape index (κ1) is 25.0. The van der Waals surface area contributed by atoms with Crippen LogP contribution in [0.3, 0.4) is 0 Å². The molecule has 34 heavy (non-hydrogen) atoms. The monoisotopic (exact) mass is 479 g/mol. The van der Waals surface area contributed by atoms with Gasteiger partial charge in [0.1, 0.15) is 5.69 Å². The lowest BCUT2D eigenvalue weighted by Crippen LogP contribution is -2.22. The van der Waals surface area contributed by atoms with Crippen LogP contribution in [0.25, 0.3) is 11.3 Å². The van der Waals surface area contributed by atoms with Gasteiger partial charge in [-0.1, -0.05) is 0 Å². The van der Waals surface area contributed by atoms with Crippen LogP contribution in [0.15, 0.2) is 43.0 Å². The Hall–Kier alpha value is -3.67. The highest BCUT2D eigenvalue weighted by Crippen LogP contribution is 2.34. The topological polar surface area (TPSA) is 122 Å². The van der Waals surface area contributed by atoms with Gasteiger partial charge in [-0.15, -0.1) is 0 Å². The molecule has 3 N–H and O–H groups in total. The van der Waals surface area contributed by atoms with Crippen LogP contribution >= 0.6 is 0 Å². The van der Waals surface area contributed by atoms with Crippen molar-refractivity contribution in [3.8, 4) is 11.3 Å². The molecule has 0 saturated carbocycles. The zero-order valence-electron chi connectivity index (χ0n) is 18.1. The van der Waals surface area contributed by atoms with Crippen LogP contribution < -0.4 is 5.32 Å². The molecule has 0 radical (unpaired) electrons. The fraction of sp³-hybridized carbons (Fsp3) is 0.364. The number of carboxylic acid groups (broad SMARTS) is 2. The maximum atomic E-state index is 11.8. The number of aromatic nitrogens is 4. The Kier molecular flexibility index (Phi) is 8.05. The van der Waals surface area contributed by atoms with Gasteiger partial charge in [-0.25, -0.2) is 9.59 Å². The molecule has 0 aliphatic heterocycles. The third-order valence-electron chi connectivity index (χ3n) is 5.24. The van der Waals surface area contributed by atoms with Gasteiger partial charge in [0.2, 0.25) is 0 Å². The number of aliphatic carboxylic acids is 1. The Labute approximate surface area is 192 Å². The van der Waals surface area contributed by atoms with Crippen molar-refractivity contribution in [1.82, 2.24) is 24.6 Å². The summed E-state index contributed by atoms with van der Waals surface area (Å²) in [5.41, 5.74) is 4.13. The molecule has 0 aromatic carbocycles. The van der Waals surface area contributed by atoms with E-state index in [9.17, 15) is 23.1 Å². The van der Waals surface area contributed by atoms with Gasteiger partial charge >= 0.3 is 18.1 Å². The number of rotatable bonds is 8. The number of pyridine rings is 1. The van der Waals surface area contributed by atoms with Crippen LogP contribution in [-0.4, -0.2) is 60.7 Å². The van der Waals surface area contributed by atoms with Crippen molar-refractivity contribution in [2.45, 2.75) is 38.5 Å². The minimum Gasteiger partial charge on any atom is -0.477 e. The molecule has 0 amide bonds. The molecule has 0 spiro atoms. The van der Waals surface area contributed by atoms with Crippen LogP contribution in [-0.2, 0) is 30.7 Å². The molecule has 3 aromatic rings. The maximum absolute atomic E-state index is 11.8. The second-order valence-corrected chi connectivity index (χ2v) is 7.56. The van der Waals surface area contributed by atoms with Crippen LogP contribution in [0.4, 0.5) is 13.2 Å². The average molecular weight is 479 g/mol. The first-order valence-corrected chi connectivity index (χ1v) is 10.6. The van der Waals surface area contributed by atoms with Gasteiger partial charge in [0.05, 0.1) is 5.69 Å². The molecule has 182 valence electrons. The number of carbonyl (C=O) groups is 2. The number of fused-ring (bicyclic) bond motifs is 3. The minimum atomic E-state index is -5.08. The van der Waals surface area contributed by atoms with Gasteiger partial charge in [-0.05, 0) is 49.6 Å². The van der Waals surface area contributed by atoms with Gasteiger partial charge in [0, 0.05) is 55.5 Å². The molecule has 0 fully saturated rings. The molecule has 3 heterocycles. The zero-order valence-corrected chi connectivity index (χ0v) is 18.1. The molecule has 0 bridgehead atoms. The average Bonchev–Trinajstić information content (AvgIpc) is 3.43. The molecule has 3 aromatic heterocycles. The Morgan fingerprint density at radius 2 is 1.79 bits per heavy atom. The Bertz CT molecular complexity index is 1130. The Balaban J connectivity index is 0.000000406. The highest BCUT2D eigenvalue weighted by molar-refractivity contribution is 5.90. The predicted molar refractivity (Wildman–Crippen MR) is 115 cm³/mol. The normalized spacial score (nSPS) is 12.3. The van der Waals surface area contributed by atoms with E-state index in [1.165, 1.54) is 0 Å². The van der Waals surface area contributed by atoms with Gasteiger partial charge < -0.3 is 20.1 Å². The third kappa shape index (κ3) is 6.22. The third-order valence-corrected chi connectivity index (χ3v) is 5.24. The smallest absolute Gasteiger partial charge is 0.477 e. The summed E-state index contributed by atoms with van der Waals surface area (Å²) in [7, 11) is 0. The highest BCUT2D eigenvalue weighted by atomic mass is 19.4. The van der Waals surface area contributed by atoms with Crippen molar-refractivity contribution >= 4 is 11.9 Å². The molecular formula is C22H24F3N5O4. The van der Waals surface area contributed by atoms with E-state index < -0.39 is 18.1 Å². The highest BCUT2D eigenvalue weighted by Gasteiger charge is 2.38. The Morgan fingerprint density at radius 1 is 1.09 bits per heavy atom. The number of alkyl halides is 3. The number of nitrogens with one attached hydrogen (secondary N) is 1. The van der Waals surface area contributed by atoms with Crippen LogP contribution in [0.1, 0.15) is 28.0 Å². The summed E-state index contributed by atoms with van der Waals surface area (Å²) >= 11 is 0. The molecule has 1 aliphatic carbocycles. The molecule has 4 rings (SSSR count). The largest absolute Gasteiger partial charge is 0.490 e. The lowest BCUT2D eigenvalue weighted by molar-refractivity contribution is -0.192. The number of halogens is 3. The van der Waals surface area contributed by atoms with Crippen molar-refractivity contribution in [3.63, 3.8) is 0 Å². The summed E-state index contributed by atoms with van der Waals surface area (Å²) in [6.45, 7) is 3.22. The van der Waals surface area contributed by atoms with Gasteiger partial charge in [0.25, 0.3) is 0 Å². The fourth-order valence-corrected chi connectivity index (χ4v) is 3.68. The van der Waals surface area contributed by atoms with E-state index in [0.29, 0.717) is 18.7 Å².